The van der Waals surface area contributed by atoms with Crippen LogP contribution in [0.3, 0.4) is 0 Å². The number of aromatic amines is 1. The summed E-state index contributed by atoms with van der Waals surface area (Å²) in [4.78, 5) is 15.3. The molecular formula is C9H13N4O+. The van der Waals surface area contributed by atoms with Crippen molar-refractivity contribution in [1.82, 2.24) is 5.32 Å². The lowest BCUT2D eigenvalue weighted by Crippen LogP contribution is -2.43. The average Bonchev–Trinajstić information content (AvgIpc) is 2.30. The quantitative estimate of drug-likeness (QED) is 0.687. The molecule has 0 amide bonds. The number of H-pyrrole nitrogens is 1. The Bertz CT molecular complexity index is 305. The number of nitrogens with one attached hydrogen (secondary N) is 2. The van der Waals surface area contributed by atoms with Crippen molar-refractivity contribution in [3.05, 3.63) is 23.2 Å². The Balaban J connectivity index is 2.11. The van der Waals surface area contributed by atoms with Gasteiger partial charge in [-0.3, -0.25) is 0 Å². The molecule has 1 aliphatic rings. The van der Waals surface area contributed by atoms with E-state index in [-0.39, 0.29) is 0 Å². The summed E-state index contributed by atoms with van der Waals surface area (Å²) in [7, 11) is 0. The molecule has 2 N–H and O–H groups in total. The molecule has 1 saturated heterocycles. The molecule has 1 fully saturated rings. The fourth-order valence-electron chi connectivity index (χ4n) is 1.58. The van der Waals surface area contributed by atoms with Crippen LogP contribution in [0.15, 0.2) is 23.5 Å². The van der Waals surface area contributed by atoms with E-state index in [1.807, 2.05) is 12.3 Å². The van der Waals surface area contributed by atoms with Crippen LogP contribution in [0.4, 0.5) is 11.5 Å². The highest BCUT2D eigenvalue weighted by atomic mass is 16.3. The number of anilines is 1. The number of hydrogen-bond acceptors (Lipinski definition) is 4. The normalized spacial score (nSPS) is 16.7. The second kappa shape index (κ2) is 4.15. The number of nitroso groups, excluding NO2 is 1. The topological polar surface area (TPSA) is 58.8 Å². The van der Waals surface area contributed by atoms with Crippen LogP contribution < -0.4 is 15.2 Å². The van der Waals surface area contributed by atoms with Gasteiger partial charge in [0.2, 0.25) is 5.18 Å². The van der Waals surface area contributed by atoms with Gasteiger partial charge in [0.15, 0.2) is 0 Å². The molecule has 0 radical (unpaired) electrons. The summed E-state index contributed by atoms with van der Waals surface area (Å²) in [5.74, 6) is 0.365. The molecular weight excluding hydrogens is 180 g/mol. The minimum absolute atomic E-state index is 0.365. The van der Waals surface area contributed by atoms with Gasteiger partial charge < -0.3 is 10.2 Å². The summed E-state index contributed by atoms with van der Waals surface area (Å²) in [5.41, 5.74) is 1.11. The third-order valence-corrected chi connectivity index (χ3v) is 2.36. The van der Waals surface area contributed by atoms with Crippen LogP contribution in [0.5, 0.6) is 0 Å². The molecule has 74 valence electrons. The molecule has 1 aliphatic heterocycles. The van der Waals surface area contributed by atoms with Crippen LogP contribution in [-0.2, 0) is 0 Å². The Morgan fingerprint density at radius 1 is 1.36 bits per heavy atom. The molecule has 5 heteroatoms. The van der Waals surface area contributed by atoms with Crippen molar-refractivity contribution in [3.63, 3.8) is 0 Å². The van der Waals surface area contributed by atoms with Gasteiger partial charge in [0.05, 0.1) is 5.69 Å². The predicted molar refractivity (Wildman–Crippen MR) is 53.5 cm³/mol. The molecule has 2 rings (SSSR count). The Hall–Kier alpha value is -1.49. The van der Waals surface area contributed by atoms with Gasteiger partial charge in [-0.05, 0) is 11.0 Å². The molecule has 1 aromatic heterocycles. The maximum Gasteiger partial charge on any atom is 0.372 e. The first-order chi connectivity index (χ1) is 6.90. The van der Waals surface area contributed by atoms with E-state index in [0.29, 0.717) is 5.82 Å². The number of pyridine rings is 1. The lowest BCUT2D eigenvalue weighted by atomic mass is 10.3. The Kier molecular flexibility index (Phi) is 2.69. The van der Waals surface area contributed by atoms with Gasteiger partial charge in [-0.25, -0.2) is 4.98 Å². The number of nitrogens with zero attached hydrogens (tertiary/aromatic N) is 2. The zero-order valence-electron chi connectivity index (χ0n) is 7.86. The van der Waals surface area contributed by atoms with Crippen LogP contribution in [0, 0.1) is 4.91 Å². The number of aromatic nitrogens is 1. The van der Waals surface area contributed by atoms with Crippen molar-refractivity contribution in [2.75, 3.05) is 31.1 Å². The summed E-state index contributed by atoms with van der Waals surface area (Å²) in [6.07, 6.45) is 1.82. The third-order valence-electron chi connectivity index (χ3n) is 2.36. The van der Waals surface area contributed by atoms with Crippen molar-refractivity contribution in [1.29, 1.82) is 0 Å². The van der Waals surface area contributed by atoms with Crippen LogP contribution >= 0.6 is 0 Å². The van der Waals surface area contributed by atoms with E-state index in [2.05, 4.69) is 20.4 Å². The van der Waals surface area contributed by atoms with Crippen molar-refractivity contribution < 1.29 is 4.98 Å². The van der Waals surface area contributed by atoms with Crippen LogP contribution in [-0.4, -0.2) is 26.2 Å². The molecule has 0 spiro atoms. The van der Waals surface area contributed by atoms with Gasteiger partial charge in [-0.2, -0.15) is 0 Å². The van der Waals surface area contributed by atoms with E-state index in [0.717, 1.165) is 31.9 Å². The molecule has 0 atom stereocenters. The summed E-state index contributed by atoms with van der Waals surface area (Å²) < 4.78 is 0. The van der Waals surface area contributed by atoms with Gasteiger partial charge in [0.1, 0.15) is 6.20 Å². The average molecular weight is 193 g/mol. The highest BCUT2D eigenvalue weighted by molar-refractivity contribution is 5.45. The highest BCUT2D eigenvalue weighted by Gasteiger charge is 2.12. The van der Waals surface area contributed by atoms with Crippen LogP contribution in [0.2, 0.25) is 0 Å². The molecule has 0 aromatic carbocycles. The van der Waals surface area contributed by atoms with Gasteiger partial charge in [-0.1, -0.05) is 0 Å². The zero-order chi connectivity index (χ0) is 9.80. The Morgan fingerprint density at radius 3 is 2.71 bits per heavy atom. The van der Waals surface area contributed by atoms with Gasteiger partial charge in [0, 0.05) is 32.2 Å². The van der Waals surface area contributed by atoms with Crippen molar-refractivity contribution in [2.24, 2.45) is 5.18 Å². The first kappa shape index (κ1) is 9.08. The first-order valence-electron chi connectivity index (χ1n) is 4.71. The summed E-state index contributed by atoms with van der Waals surface area (Å²) in [6.45, 7) is 4.02. The van der Waals surface area contributed by atoms with E-state index in [9.17, 15) is 4.91 Å². The lowest BCUT2D eigenvalue weighted by molar-refractivity contribution is -0.362. The standard InChI is InChI=1S/C9H12N4O/c14-12-9-2-1-8(7-11-9)13-5-3-10-4-6-13/h1-2,7,10H,3-6H2/p+1. The van der Waals surface area contributed by atoms with Gasteiger partial charge in [-0.15, -0.1) is 0 Å². The summed E-state index contributed by atoms with van der Waals surface area (Å²) in [6, 6.07) is 3.61. The second-order valence-electron chi connectivity index (χ2n) is 3.26. The van der Waals surface area contributed by atoms with E-state index in [1.54, 1.807) is 6.07 Å². The SMILES string of the molecule is O=Nc1ccc(N2CCNCC2)c[nH+]1. The molecule has 0 bridgehead atoms. The second-order valence-corrected chi connectivity index (χ2v) is 3.26. The minimum Gasteiger partial charge on any atom is -0.366 e. The summed E-state index contributed by atoms with van der Waals surface area (Å²) in [5, 5.41) is 6.11. The van der Waals surface area contributed by atoms with Crippen molar-refractivity contribution in [2.45, 2.75) is 0 Å². The van der Waals surface area contributed by atoms with Gasteiger partial charge >= 0.3 is 5.82 Å². The molecule has 1 aromatic rings. The Labute approximate surface area is 82.1 Å². The molecule has 5 nitrogen and oxygen atoms in total. The summed E-state index contributed by atoms with van der Waals surface area (Å²) >= 11 is 0. The maximum absolute atomic E-state index is 10.2. The van der Waals surface area contributed by atoms with Crippen molar-refractivity contribution >= 4 is 11.5 Å². The first-order valence-corrected chi connectivity index (χ1v) is 4.71. The minimum atomic E-state index is 0.365. The fraction of sp³-hybridized carbons (Fsp3) is 0.444. The maximum atomic E-state index is 10.2. The van der Waals surface area contributed by atoms with E-state index < -0.39 is 0 Å². The predicted octanol–water partition coefficient (Wildman–Crippen LogP) is 0.308. The highest BCUT2D eigenvalue weighted by Crippen LogP contribution is 2.13. The fourth-order valence-corrected chi connectivity index (χ4v) is 1.58. The third kappa shape index (κ3) is 1.88. The smallest absolute Gasteiger partial charge is 0.366 e. The van der Waals surface area contributed by atoms with E-state index in [4.69, 9.17) is 0 Å². The van der Waals surface area contributed by atoms with Gasteiger partial charge in [0.25, 0.3) is 0 Å². The van der Waals surface area contributed by atoms with Crippen molar-refractivity contribution in [3.8, 4) is 0 Å². The molecule has 2 heterocycles. The molecule has 0 saturated carbocycles. The van der Waals surface area contributed by atoms with Crippen LogP contribution in [0.1, 0.15) is 0 Å². The monoisotopic (exact) mass is 193 g/mol. The number of hydrogen-bond donors (Lipinski definition) is 1. The largest absolute Gasteiger partial charge is 0.372 e. The lowest BCUT2D eigenvalue weighted by Gasteiger charge is -2.28. The molecule has 0 unspecified atom stereocenters. The number of piperazine rings is 1. The molecule has 14 heavy (non-hydrogen) atoms. The van der Waals surface area contributed by atoms with E-state index in [1.165, 1.54) is 0 Å². The zero-order valence-corrected chi connectivity index (χ0v) is 7.86. The molecule has 0 aliphatic carbocycles. The Morgan fingerprint density at radius 2 is 2.14 bits per heavy atom. The number of rotatable bonds is 2. The van der Waals surface area contributed by atoms with E-state index >= 15 is 0 Å². The van der Waals surface area contributed by atoms with Crippen LogP contribution in [0.25, 0.3) is 0 Å².